The quantitative estimate of drug-likeness (QED) is 0.290. The molecule has 4 saturated heterocycles. The van der Waals surface area contributed by atoms with Crippen molar-refractivity contribution in [2.45, 2.75) is 55.9 Å². The summed E-state index contributed by atoms with van der Waals surface area (Å²) in [7, 11) is 0. The lowest BCUT2D eigenvalue weighted by Gasteiger charge is -2.34. The van der Waals surface area contributed by atoms with Gasteiger partial charge in [-0.1, -0.05) is 6.07 Å². The number of hydrogen-bond acceptors (Lipinski definition) is 8. The highest BCUT2D eigenvalue weighted by molar-refractivity contribution is 6.03. The van der Waals surface area contributed by atoms with Crippen LogP contribution in [0.4, 0.5) is 23.4 Å². The fourth-order valence-corrected chi connectivity index (χ4v) is 8.04. The lowest BCUT2D eigenvalue weighted by Crippen LogP contribution is -2.51. The van der Waals surface area contributed by atoms with E-state index in [4.69, 9.17) is 9.72 Å². The molecule has 4 aliphatic rings. The van der Waals surface area contributed by atoms with E-state index < -0.39 is 29.2 Å². The number of rotatable bonds is 5. The molecular formula is C33H30F4N6O2. The number of aromatic nitrogens is 2. The number of benzene rings is 3. The van der Waals surface area contributed by atoms with Crippen molar-refractivity contribution in [3.05, 3.63) is 53.3 Å². The maximum Gasteiger partial charge on any atom is 0.319 e. The van der Waals surface area contributed by atoms with Crippen LogP contribution in [0, 0.1) is 28.8 Å². The Morgan fingerprint density at radius 3 is 2.64 bits per heavy atom. The molecule has 232 valence electrons. The highest BCUT2D eigenvalue weighted by atomic mass is 19.2. The Morgan fingerprint density at radius 2 is 1.87 bits per heavy atom. The molecule has 4 aliphatic heterocycles. The second kappa shape index (κ2) is 10.4. The molecular weight excluding hydrogens is 588 g/mol. The number of ether oxygens (including phenoxy) is 1. The summed E-state index contributed by atoms with van der Waals surface area (Å²) in [4.78, 5) is 13.4. The van der Waals surface area contributed by atoms with Gasteiger partial charge in [-0.2, -0.15) is 15.2 Å². The van der Waals surface area contributed by atoms with Crippen LogP contribution in [0.25, 0.3) is 32.8 Å². The van der Waals surface area contributed by atoms with Gasteiger partial charge in [-0.15, -0.1) is 0 Å². The van der Waals surface area contributed by atoms with Crippen LogP contribution >= 0.6 is 0 Å². The summed E-state index contributed by atoms with van der Waals surface area (Å²) in [6, 6.07) is 8.40. The topological polar surface area (TPSA) is 97.5 Å². The number of alkyl halides is 1. The molecule has 0 saturated carbocycles. The van der Waals surface area contributed by atoms with Crippen molar-refractivity contribution in [1.82, 2.24) is 20.2 Å². The van der Waals surface area contributed by atoms with Crippen molar-refractivity contribution in [3.8, 4) is 29.0 Å². The number of fused-ring (bicyclic) bond motifs is 5. The molecule has 2 N–H and O–H groups in total. The number of piperazine rings is 1. The standard InChI is InChI=1S/C33H30F4N6O2/c34-19-11-33(6-1-7-43(33)13-19)16-45-32-40-30-24(31(41-32)42-14-20-3-4-21(15-42)39-20)9-18(12-38)27(29(30)37)23-10-22(44)8-17-2-5-25(35)28(36)26(17)23/h2,5,8-10,19-21,39,44H,1,3-4,6-7,11,13-16H2/t19-,20?,21?,33+/m1/s1. The predicted octanol–water partition coefficient (Wildman–Crippen LogP) is 5.34. The Bertz CT molecular complexity index is 1900. The molecule has 4 aromatic rings. The SMILES string of the molecule is N#Cc1cc2c(N3CC4CCC(C3)N4)nc(OC[C@@]34CCCN3C[C@H](F)C4)nc2c(F)c1-c1cc(O)cc2ccc(F)c(F)c12. The maximum atomic E-state index is 16.9. The van der Waals surface area contributed by atoms with Crippen LogP contribution in [0.3, 0.4) is 0 Å². The van der Waals surface area contributed by atoms with E-state index in [1.807, 2.05) is 11.0 Å². The Morgan fingerprint density at radius 1 is 1.07 bits per heavy atom. The summed E-state index contributed by atoms with van der Waals surface area (Å²) >= 11 is 0. The first kappa shape index (κ1) is 28.3. The molecule has 0 radical (unpaired) electrons. The maximum absolute atomic E-state index is 16.9. The van der Waals surface area contributed by atoms with Gasteiger partial charge in [0.25, 0.3) is 0 Å². The van der Waals surface area contributed by atoms with Gasteiger partial charge >= 0.3 is 6.01 Å². The normalized spacial score (nSPS) is 26.1. The largest absolute Gasteiger partial charge is 0.508 e. The summed E-state index contributed by atoms with van der Waals surface area (Å²) in [6.07, 6.45) is 3.06. The minimum absolute atomic E-state index is 0.0838. The third kappa shape index (κ3) is 4.55. The molecule has 2 unspecified atom stereocenters. The molecule has 8 rings (SSSR count). The summed E-state index contributed by atoms with van der Waals surface area (Å²) in [5.74, 6) is -3.22. The van der Waals surface area contributed by atoms with Crippen molar-refractivity contribution in [2.75, 3.05) is 37.7 Å². The van der Waals surface area contributed by atoms with Crippen LogP contribution < -0.4 is 15.0 Å². The molecule has 3 aromatic carbocycles. The zero-order valence-electron chi connectivity index (χ0n) is 24.3. The van der Waals surface area contributed by atoms with E-state index >= 15 is 8.78 Å². The molecule has 0 aliphatic carbocycles. The van der Waals surface area contributed by atoms with E-state index in [0.717, 1.165) is 44.4 Å². The second-order valence-electron chi connectivity index (χ2n) is 12.8. The minimum Gasteiger partial charge on any atom is -0.508 e. The average Bonchev–Trinajstić information content (AvgIpc) is 3.67. The zero-order valence-corrected chi connectivity index (χ0v) is 24.3. The van der Waals surface area contributed by atoms with Gasteiger partial charge in [-0.3, -0.25) is 4.90 Å². The fourth-order valence-electron chi connectivity index (χ4n) is 8.04. The Balaban J connectivity index is 1.32. The van der Waals surface area contributed by atoms with E-state index in [0.29, 0.717) is 31.9 Å². The molecule has 12 heteroatoms. The van der Waals surface area contributed by atoms with Crippen LogP contribution in [0.1, 0.15) is 37.7 Å². The molecule has 45 heavy (non-hydrogen) atoms. The van der Waals surface area contributed by atoms with Gasteiger partial charge in [0.1, 0.15) is 29.9 Å². The van der Waals surface area contributed by atoms with Crippen LogP contribution in [-0.2, 0) is 0 Å². The monoisotopic (exact) mass is 618 g/mol. The van der Waals surface area contributed by atoms with E-state index in [9.17, 15) is 19.1 Å². The molecule has 8 nitrogen and oxygen atoms in total. The van der Waals surface area contributed by atoms with Gasteiger partial charge in [0.2, 0.25) is 0 Å². The number of anilines is 1. The fraction of sp³-hybridized carbons (Fsp3) is 0.424. The van der Waals surface area contributed by atoms with E-state index in [1.165, 1.54) is 18.2 Å². The third-order valence-electron chi connectivity index (χ3n) is 10.0. The Kier molecular flexibility index (Phi) is 6.55. The Hall–Kier alpha value is -4.21. The minimum atomic E-state index is -1.22. The van der Waals surface area contributed by atoms with Gasteiger partial charge in [0, 0.05) is 60.0 Å². The average molecular weight is 619 g/mol. The van der Waals surface area contributed by atoms with Gasteiger partial charge in [0.05, 0.1) is 17.2 Å². The first-order valence-corrected chi connectivity index (χ1v) is 15.3. The first-order valence-electron chi connectivity index (χ1n) is 15.3. The van der Waals surface area contributed by atoms with E-state index in [1.54, 1.807) is 0 Å². The van der Waals surface area contributed by atoms with Crippen molar-refractivity contribution in [1.29, 1.82) is 5.26 Å². The number of aromatic hydroxyl groups is 1. The summed E-state index contributed by atoms with van der Waals surface area (Å²) in [5, 5.41) is 24.4. The number of phenolic OH excluding ortho intramolecular Hbond substituents is 1. The highest BCUT2D eigenvalue weighted by Crippen LogP contribution is 2.43. The number of halogens is 4. The first-order chi connectivity index (χ1) is 21.7. The van der Waals surface area contributed by atoms with Crippen LogP contribution in [-0.4, -0.2) is 76.6 Å². The highest BCUT2D eigenvalue weighted by Gasteiger charge is 2.49. The number of nitrogens with zero attached hydrogens (tertiary/aromatic N) is 5. The van der Waals surface area contributed by atoms with Gasteiger partial charge in [0.15, 0.2) is 17.5 Å². The lowest BCUT2D eigenvalue weighted by atomic mass is 9.92. The third-order valence-corrected chi connectivity index (χ3v) is 10.0. The smallest absolute Gasteiger partial charge is 0.319 e. The predicted molar refractivity (Wildman–Crippen MR) is 159 cm³/mol. The van der Waals surface area contributed by atoms with Gasteiger partial charge < -0.3 is 20.1 Å². The summed E-state index contributed by atoms with van der Waals surface area (Å²) in [5.41, 5.74) is -1.28. The summed E-state index contributed by atoms with van der Waals surface area (Å²) in [6.45, 7) is 2.48. The zero-order chi connectivity index (χ0) is 31.0. The van der Waals surface area contributed by atoms with Crippen molar-refractivity contribution >= 4 is 27.5 Å². The van der Waals surface area contributed by atoms with Gasteiger partial charge in [-0.25, -0.2) is 17.6 Å². The molecule has 0 spiro atoms. The molecule has 0 amide bonds. The van der Waals surface area contributed by atoms with Crippen LogP contribution in [0.5, 0.6) is 11.8 Å². The van der Waals surface area contributed by atoms with Crippen molar-refractivity contribution < 1.29 is 27.4 Å². The van der Waals surface area contributed by atoms with Crippen LogP contribution in [0.15, 0.2) is 30.3 Å². The molecule has 4 fully saturated rings. The molecule has 5 heterocycles. The lowest BCUT2D eigenvalue weighted by molar-refractivity contribution is 0.107. The number of phenols is 1. The van der Waals surface area contributed by atoms with Crippen molar-refractivity contribution in [3.63, 3.8) is 0 Å². The number of nitriles is 1. The number of nitrogens with one attached hydrogen (secondary N) is 1. The Labute approximate surface area is 256 Å². The second-order valence-corrected chi connectivity index (χ2v) is 12.8. The van der Waals surface area contributed by atoms with E-state index in [2.05, 4.69) is 15.2 Å². The molecule has 4 atom stereocenters. The van der Waals surface area contributed by atoms with Crippen molar-refractivity contribution in [2.24, 2.45) is 0 Å². The number of hydrogen-bond donors (Lipinski definition) is 2. The molecule has 2 bridgehead atoms. The summed E-state index contributed by atoms with van der Waals surface area (Å²) < 4.78 is 67.2. The van der Waals surface area contributed by atoms with Gasteiger partial charge in [-0.05, 0) is 61.9 Å². The van der Waals surface area contributed by atoms with Crippen LogP contribution in [0.2, 0.25) is 0 Å². The van der Waals surface area contributed by atoms with E-state index in [-0.39, 0.29) is 68.8 Å². The molecule has 1 aromatic heterocycles.